The van der Waals surface area contributed by atoms with Crippen molar-refractivity contribution in [3.63, 3.8) is 0 Å². The number of allylic oxidation sites excluding steroid dienone is 1. The van der Waals surface area contributed by atoms with Crippen LogP contribution in [0.5, 0.6) is 0 Å². The van der Waals surface area contributed by atoms with Crippen molar-refractivity contribution in [3.8, 4) is 0 Å². The predicted molar refractivity (Wildman–Crippen MR) is 98.7 cm³/mol. The Morgan fingerprint density at radius 2 is 2.08 bits per heavy atom. The van der Waals surface area contributed by atoms with Gasteiger partial charge in [-0.05, 0) is 50.9 Å². The molecule has 0 spiro atoms. The zero-order valence-corrected chi connectivity index (χ0v) is 15.9. The standard InChI is InChI=1S/C20H32N2O3/c1-14-12-16-7-6-15(2)25-20(23)17(13-14)19(16)24-11-8-18(21-3)22-9-4-5-10-22/h13-16,19H,4-12H2,1-3H3/t14?,15-,16?,19-/m0/s1. The topological polar surface area (TPSA) is 51.1 Å². The summed E-state index contributed by atoms with van der Waals surface area (Å²) in [4.78, 5) is 19.3. The molecule has 0 radical (unpaired) electrons. The monoisotopic (exact) mass is 348 g/mol. The first-order chi connectivity index (χ1) is 12.1. The predicted octanol–water partition coefficient (Wildman–Crippen LogP) is 3.19. The van der Waals surface area contributed by atoms with E-state index < -0.39 is 0 Å². The molecule has 5 nitrogen and oxygen atoms in total. The van der Waals surface area contributed by atoms with Gasteiger partial charge in [-0.2, -0.15) is 0 Å². The van der Waals surface area contributed by atoms with Gasteiger partial charge in [0, 0.05) is 26.6 Å². The van der Waals surface area contributed by atoms with Crippen molar-refractivity contribution in [3.05, 3.63) is 11.6 Å². The zero-order chi connectivity index (χ0) is 17.8. The van der Waals surface area contributed by atoms with Gasteiger partial charge >= 0.3 is 5.97 Å². The van der Waals surface area contributed by atoms with Crippen LogP contribution >= 0.6 is 0 Å². The second kappa shape index (κ2) is 8.35. The van der Waals surface area contributed by atoms with Crippen LogP contribution in [0, 0.1) is 11.8 Å². The van der Waals surface area contributed by atoms with Crippen LogP contribution in [0.4, 0.5) is 0 Å². The van der Waals surface area contributed by atoms with E-state index in [9.17, 15) is 4.79 Å². The molecule has 1 aliphatic carbocycles. The molecule has 2 heterocycles. The average Bonchev–Trinajstić information content (AvgIpc) is 3.11. The first kappa shape index (κ1) is 18.4. The summed E-state index contributed by atoms with van der Waals surface area (Å²) in [6.45, 7) is 6.98. The Morgan fingerprint density at radius 3 is 2.80 bits per heavy atom. The van der Waals surface area contributed by atoms with Gasteiger partial charge < -0.3 is 14.4 Å². The minimum absolute atomic E-state index is 0.00162. The number of fused-ring (bicyclic) bond motifs is 2. The molecule has 3 rings (SSSR count). The summed E-state index contributed by atoms with van der Waals surface area (Å²) in [5, 5.41) is 0. The normalized spacial score (nSPS) is 33.6. The van der Waals surface area contributed by atoms with Gasteiger partial charge in [0.2, 0.25) is 0 Å². The number of cyclic esters (lactones) is 1. The van der Waals surface area contributed by atoms with E-state index in [1.807, 2.05) is 14.0 Å². The smallest absolute Gasteiger partial charge is 0.336 e. The Morgan fingerprint density at radius 1 is 1.32 bits per heavy atom. The van der Waals surface area contributed by atoms with Gasteiger partial charge in [-0.1, -0.05) is 13.0 Å². The van der Waals surface area contributed by atoms with Crippen LogP contribution in [0.15, 0.2) is 16.6 Å². The van der Waals surface area contributed by atoms with Gasteiger partial charge in [0.25, 0.3) is 0 Å². The summed E-state index contributed by atoms with van der Waals surface area (Å²) >= 11 is 0. The van der Waals surface area contributed by atoms with Crippen LogP contribution in [0.1, 0.15) is 52.4 Å². The van der Waals surface area contributed by atoms with E-state index in [0.717, 1.165) is 50.2 Å². The third kappa shape index (κ3) is 4.43. The molecule has 4 atom stereocenters. The van der Waals surface area contributed by atoms with Crippen LogP contribution in [0.2, 0.25) is 0 Å². The van der Waals surface area contributed by atoms with Crippen molar-refractivity contribution in [1.82, 2.24) is 4.90 Å². The molecular weight excluding hydrogens is 316 g/mol. The van der Waals surface area contributed by atoms with Gasteiger partial charge in [0.15, 0.2) is 0 Å². The van der Waals surface area contributed by atoms with Crippen molar-refractivity contribution in [2.24, 2.45) is 16.8 Å². The molecule has 5 heteroatoms. The number of amidine groups is 1. The molecule has 2 fully saturated rings. The maximum atomic E-state index is 12.5. The molecule has 0 N–H and O–H groups in total. The molecule has 2 unspecified atom stereocenters. The fourth-order valence-corrected chi connectivity index (χ4v) is 4.43. The van der Waals surface area contributed by atoms with Gasteiger partial charge in [-0.25, -0.2) is 4.79 Å². The second-order valence-electron chi connectivity index (χ2n) is 7.76. The lowest BCUT2D eigenvalue weighted by Gasteiger charge is -2.37. The minimum Gasteiger partial charge on any atom is -0.459 e. The molecule has 140 valence electrons. The van der Waals surface area contributed by atoms with Gasteiger partial charge in [-0.15, -0.1) is 0 Å². The maximum absolute atomic E-state index is 12.5. The van der Waals surface area contributed by atoms with Crippen molar-refractivity contribution >= 4 is 11.8 Å². The number of aliphatic imine (C=N–C) groups is 1. The molecule has 0 saturated carbocycles. The lowest BCUT2D eigenvalue weighted by atomic mass is 9.77. The SMILES string of the molecule is CN=C(CCO[C@@H]1C2=CC(C)CC1CC[C@H](C)OC2=O)N1CCCC1. The minimum atomic E-state index is -0.183. The third-order valence-corrected chi connectivity index (χ3v) is 5.71. The fraction of sp³-hybridized carbons (Fsp3) is 0.800. The van der Waals surface area contributed by atoms with Crippen molar-refractivity contribution in [2.45, 2.75) is 64.6 Å². The maximum Gasteiger partial charge on any atom is 0.336 e. The molecule has 0 amide bonds. The van der Waals surface area contributed by atoms with Crippen LogP contribution in [0.3, 0.4) is 0 Å². The van der Waals surface area contributed by atoms with Crippen LogP contribution in [-0.2, 0) is 14.3 Å². The van der Waals surface area contributed by atoms with Gasteiger partial charge in [0.05, 0.1) is 24.4 Å². The molecule has 2 saturated heterocycles. The number of likely N-dealkylation sites (tertiary alicyclic amines) is 1. The lowest BCUT2D eigenvalue weighted by Crippen LogP contribution is -2.39. The highest BCUT2D eigenvalue weighted by atomic mass is 16.5. The number of hydrogen-bond donors (Lipinski definition) is 0. The summed E-state index contributed by atoms with van der Waals surface area (Å²) in [6, 6.07) is 0. The fourth-order valence-electron chi connectivity index (χ4n) is 4.43. The third-order valence-electron chi connectivity index (χ3n) is 5.71. The summed E-state index contributed by atoms with van der Waals surface area (Å²) in [5.74, 6) is 1.78. The van der Waals surface area contributed by atoms with E-state index in [1.165, 1.54) is 12.8 Å². The Balaban J connectivity index is 1.63. The Labute approximate surface area is 151 Å². The summed E-state index contributed by atoms with van der Waals surface area (Å²) in [6.07, 6.45) is 8.33. The summed E-state index contributed by atoms with van der Waals surface area (Å²) in [5.41, 5.74) is 0.742. The lowest BCUT2D eigenvalue weighted by molar-refractivity contribution is -0.148. The molecule has 25 heavy (non-hydrogen) atoms. The highest BCUT2D eigenvalue weighted by Gasteiger charge is 2.38. The molecule has 0 aromatic heterocycles. The highest BCUT2D eigenvalue weighted by Crippen LogP contribution is 2.36. The molecule has 2 aliphatic heterocycles. The quantitative estimate of drug-likeness (QED) is 0.445. The summed E-state index contributed by atoms with van der Waals surface area (Å²) in [7, 11) is 1.86. The van der Waals surface area contributed by atoms with E-state index in [2.05, 4.69) is 22.9 Å². The van der Waals surface area contributed by atoms with Crippen molar-refractivity contribution < 1.29 is 14.3 Å². The van der Waals surface area contributed by atoms with E-state index in [1.54, 1.807) is 0 Å². The number of esters is 1. The van der Waals surface area contributed by atoms with Gasteiger partial charge in [-0.3, -0.25) is 4.99 Å². The van der Waals surface area contributed by atoms with E-state index in [-0.39, 0.29) is 18.2 Å². The summed E-state index contributed by atoms with van der Waals surface area (Å²) < 4.78 is 11.8. The van der Waals surface area contributed by atoms with E-state index >= 15 is 0 Å². The number of rotatable bonds is 4. The highest BCUT2D eigenvalue weighted by molar-refractivity contribution is 5.90. The molecular formula is C20H32N2O3. The van der Waals surface area contributed by atoms with Crippen molar-refractivity contribution in [2.75, 3.05) is 26.7 Å². The number of nitrogens with zero attached hydrogens (tertiary/aromatic N) is 2. The number of carbonyl (C=O) groups is 1. The molecule has 0 aromatic rings. The van der Waals surface area contributed by atoms with Crippen LogP contribution < -0.4 is 0 Å². The van der Waals surface area contributed by atoms with Crippen molar-refractivity contribution in [1.29, 1.82) is 0 Å². The number of carbonyl (C=O) groups excluding carboxylic acids is 1. The number of hydrogen-bond acceptors (Lipinski definition) is 4. The average molecular weight is 348 g/mol. The molecule has 0 aromatic carbocycles. The Hall–Kier alpha value is -1.36. The molecule has 2 bridgehead atoms. The Bertz CT molecular complexity index is 537. The number of ether oxygens (including phenoxy) is 2. The first-order valence-electron chi connectivity index (χ1n) is 9.83. The van der Waals surface area contributed by atoms with E-state index in [4.69, 9.17) is 9.47 Å². The first-order valence-corrected chi connectivity index (χ1v) is 9.83. The molecule has 3 aliphatic rings. The van der Waals surface area contributed by atoms with Crippen LogP contribution in [0.25, 0.3) is 0 Å². The Kier molecular flexibility index (Phi) is 6.15. The van der Waals surface area contributed by atoms with E-state index in [0.29, 0.717) is 18.4 Å². The zero-order valence-electron chi connectivity index (χ0n) is 15.9. The van der Waals surface area contributed by atoms with Gasteiger partial charge in [0.1, 0.15) is 5.84 Å². The van der Waals surface area contributed by atoms with Crippen LogP contribution in [-0.4, -0.2) is 55.7 Å². The largest absolute Gasteiger partial charge is 0.459 e. The second-order valence-corrected chi connectivity index (χ2v) is 7.76.